The van der Waals surface area contributed by atoms with E-state index in [4.69, 9.17) is 0 Å². The van der Waals surface area contributed by atoms with Gasteiger partial charge in [-0.05, 0) is 36.4 Å². The van der Waals surface area contributed by atoms with E-state index in [0.29, 0.717) is 0 Å². The Labute approximate surface area is 108 Å². The van der Waals surface area contributed by atoms with Gasteiger partial charge in [0.05, 0.1) is 0 Å². The molecule has 0 radical (unpaired) electrons. The van der Waals surface area contributed by atoms with Crippen molar-refractivity contribution >= 4 is 37.4 Å². The number of hydrogen-bond donors (Lipinski definition) is 1. The molecule has 84 valence electrons. The van der Waals surface area contributed by atoms with Gasteiger partial charge in [-0.3, -0.25) is 0 Å². The van der Waals surface area contributed by atoms with E-state index in [-0.39, 0.29) is 0 Å². The third-order valence-corrected chi connectivity index (χ3v) is 4.79. The molecular weight excluding hydrogens is 282 g/mol. The van der Waals surface area contributed by atoms with Crippen LogP contribution in [0, 0.1) is 0 Å². The molecule has 1 heterocycles. The van der Waals surface area contributed by atoms with Gasteiger partial charge in [0, 0.05) is 26.6 Å². The highest BCUT2D eigenvalue weighted by Gasteiger charge is 2.16. The van der Waals surface area contributed by atoms with Crippen molar-refractivity contribution in [1.29, 1.82) is 0 Å². The highest BCUT2D eigenvalue weighted by atomic mass is 79.9. The molecule has 0 spiro atoms. The summed E-state index contributed by atoms with van der Waals surface area (Å²) in [5.41, 5.74) is 0. The minimum Gasteiger partial charge on any atom is -0.309 e. The number of hydrogen-bond acceptors (Lipinski definition) is 2. The van der Waals surface area contributed by atoms with E-state index in [0.717, 1.165) is 12.6 Å². The highest BCUT2D eigenvalue weighted by molar-refractivity contribution is 9.10. The van der Waals surface area contributed by atoms with Gasteiger partial charge >= 0.3 is 0 Å². The van der Waals surface area contributed by atoms with E-state index < -0.39 is 0 Å². The molecule has 1 aromatic heterocycles. The van der Waals surface area contributed by atoms with Gasteiger partial charge in [-0.25, -0.2) is 0 Å². The highest BCUT2D eigenvalue weighted by Crippen LogP contribution is 2.29. The first kappa shape index (κ1) is 10.8. The molecule has 1 nitrogen and oxygen atoms in total. The third-order valence-electron chi connectivity index (χ3n) is 3.20. The van der Waals surface area contributed by atoms with Gasteiger partial charge in [-0.2, -0.15) is 0 Å². The minimum atomic E-state index is 0.775. The monoisotopic (exact) mass is 295 g/mol. The first-order valence-electron chi connectivity index (χ1n) is 5.72. The fourth-order valence-electron chi connectivity index (χ4n) is 2.00. The Hall–Kier alpha value is -0.380. The van der Waals surface area contributed by atoms with Crippen LogP contribution < -0.4 is 5.32 Å². The van der Waals surface area contributed by atoms with Crippen LogP contribution in [0.15, 0.2) is 28.7 Å². The summed E-state index contributed by atoms with van der Waals surface area (Å²) in [6.45, 7) is 1.03. The molecule has 2 aromatic rings. The first-order chi connectivity index (χ1) is 7.81. The maximum Gasteiger partial charge on any atom is 0.0357 e. The normalized spacial score (nSPS) is 16.6. The Morgan fingerprint density at radius 2 is 2.19 bits per heavy atom. The van der Waals surface area contributed by atoms with Gasteiger partial charge in [-0.15, -0.1) is 11.3 Å². The average molecular weight is 296 g/mol. The second-order valence-electron chi connectivity index (χ2n) is 4.40. The van der Waals surface area contributed by atoms with Gasteiger partial charge in [-0.1, -0.05) is 28.4 Å². The number of benzene rings is 1. The largest absolute Gasteiger partial charge is 0.309 e. The fourth-order valence-corrected chi connectivity index (χ4v) is 3.57. The molecule has 1 fully saturated rings. The van der Waals surface area contributed by atoms with Crippen molar-refractivity contribution in [2.24, 2.45) is 0 Å². The summed E-state index contributed by atoms with van der Waals surface area (Å²) < 4.78 is 2.54. The summed E-state index contributed by atoms with van der Waals surface area (Å²) >= 11 is 5.41. The molecule has 0 atom stereocenters. The number of halogens is 1. The predicted molar refractivity (Wildman–Crippen MR) is 74.0 cm³/mol. The zero-order valence-electron chi connectivity index (χ0n) is 9.00. The van der Waals surface area contributed by atoms with Crippen LogP contribution in [0.25, 0.3) is 10.1 Å². The van der Waals surface area contributed by atoms with Gasteiger partial charge in [0.2, 0.25) is 0 Å². The van der Waals surface area contributed by atoms with E-state index >= 15 is 0 Å². The molecule has 0 unspecified atom stereocenters. The zero-order valence-corrected chi connectivity index (χ0v) is 11.4. The van der Waals surface area contributed by atoms with Crippen molar-refractivity contribution < 1.29 is 0 Å². The molecule has 0 bridgehead atoms. The maximum atomic E-state index is 3.61. The molecule has 0 aliphatic heterocycles. The SMILES string of the molecule is Brc1ccc2cc(CNC3CCC3)sc2c1. The molecule has 0 amide bonds. The number of thiophene rings is 1. The van der Waals surface area contributed by atoms with Crippen LogP contribution in [-0.2, 0) is 6.54 Å². The van der Waals surface area contributed by atoms with Gasteiger partial charge < -0.3 is 5.32 Å². The predicted octanol–water partition coefficient (Wildman–Crippen LogP) is 4.31. The fraction of sp³-hybridized carbons (Fsp3) is 0.385. The lowest BCUT2D eigenvalue weighted by molar-refractivity contribution is 0.339. The van der Waals surface area contributed by atoms with Crippen molar-refractivity contribution in [2.75, 3.05) is 0 Å². The maximum absolute atomic E-state index is 3.61. The average Bonchev–Trinajstić information content (AvgIpc) is 2.57. The summed E-state index contributed by atoms with van der Waals surface area (Å²) in [4.78, 5) is 1.44. The van der Waals surface area contributed by atoms with Crippen molar-refractivity contribution in [3.05, 3.63) is 33.6 Å². The van der Waals surface area contributed by atoms with Crippen LogP contribution in [0.1, 0.15) is 24.1 Å². The molecule has 1 N–H and O–H groups in total. The standard InChI is InChI=1S/C13H14BrNS/c14-10-5-4-9-6-12(16-13(9)7-10)8-15-11-2-1-3-11/h4-7,11,15H,1-3,8H2. The molecule has 1 aromatic carbocycles. The Bertz CT molecular complexity index is 502. The van der Waals surface area contributed by atoms with Crippen molar-refractivity contribution in [3.63, 3.8) is 0 Å². The summed E-state index contributed by atoms with van der Waals surface area (Å²) in [5, 5.41) is 4.97. The number of fused-ring (bicyclic) bond motifs is 1. The van der Waals surface area contributed by atoms with Crippen molar-refractivity contribution in [3.8, 4) is 0 Å². The van der Waals surface area contributed by atoms with E-state index in [1.807, 2.05) is 11.3 Å². The first-order valence-corrected chi connectivity index (χ1v) is 7.33. The molecule has 1 aliphatic rings. The van der Waals surface area contributed by atoms with Crippen LogP contribution >= 0.6 is 27.3 Å². The second-order valence-corrected chi connectivity index (χ2v) is 6.49. The van der Waals surface area contributed by atoms with Gasteiger partial charge in [0.25, 0.3) is 0 Å². The Kier molecular flexibility index (Phi) is 3.01. The Morgan fingerprint density at radius 3 is 2.94 bits per heavy atom. The summed E-state index contributed by atoms with van der Waals surface area (Å²) in [5.74, 6) is 0. The lowest BCUT2D eigenvalue weighted by Crippen LogP contribution is -2.34. The van der Waals surface area contributed by atoms with Crippen LogP contribution in [0.4, 0.5) is 0 Å². The van der Waals surface area contributed by atoms with Crippen LogP contribution in [-0.4, -0.2) is 6.04 Å². The minimum absolute atomic E-state index is 0.775. The summed E-state index contributed by atoms with van der Waals surface area (Å²) in [6, 6.07) is 9.57. The molecule has 16 heavy (non-hydrogen) atoms. The van der Waals surface area contributed by atoms with Gasteiger partial charge in [0.15, 0.2) is 0 Å². The molecule has 1 saturated carbocycles. The third kappa shape index (κ3) is 2.17. The number of rotatable bonds is 3. The lowest BCUT2D eigenvalue weighted by Gasteiger charge is -2.26. The smallest absolute Gasteiger partial charge is 0.0357 e. The quantitative estimate of drug-likeness (QED) is 0.890. The molecule has 3 heteroatoms. The Balaban J connectivity index is 1.76. The molecular formula is C13H14BrNS. The van der Waals surface area contributed by atoms with Crippen LogP contribution in [0.3, 0.4) is 0 Å². The van der Waals surface area contributed by atoms with E-state index in [9.17, 15) is 0 Å². The topological polar surface area (TPSA) is 12.0 Å². The Morgan fingerprint density at radius 1 is 1.31 bits per heavy atom. The van der Waals surface area contributed by atoms with E-state index in [1.54, 1.807) is 0 Å². The van der Waals surface area contributed by atoms with E-state index in [1.165, 1.54) is 38.7 Å². The van der Waals surface area contributed by atoms with E-state index in [2.05, 4.69) is 45.5 Å². The van der Waals surface area contributed by atoms with Crippen LogP contribution in [0.5, 0.6) is 0 Å². The summed E-state index contributed by atoms with van der Waals surface area (Å²) in [6.07, 6.45) is 4.11. The van der Waals surface area contributed by atoms with Gasteiger partial charge in [0.1, 0.15) is 0 Å². The van der Waals surface area contributed by atoms with Crippen LogP contribution in [0.2, 0.25) is 0 Å². The van der Waals surface area contributed by atoms with Crippen molar-refractivity contribution in [1.82, 2.24) is 5.32 Å². The molecule has 3 rings (SSSR count). The molecule has 0 saturated heterocycles. The second kappa shape index (κ2) is 4.47. The number of nitrogens with one attached hydrogen (secondary N) is 1. The van der Waals surface area contributed by atoms with Crippen molar-refractivity contribution in [2.45, 2.75) is 31.8 Å². The lowest BCUT2D eigenvalue weighted by atomic mass is 9.93. The zero-order chi connectivity index (χ0) is 11.0. The summed E-state index contributed by atoms with van der Waals surface area (Å²) in [7, 11) is 0. The molecule has 1 aliphatic carbocycles.